The van der Waals surface area contributed by atoms with Crippen LogP contribution in [0, 0.1) is 10.1 Å². The summed E-state index contributed by atoms with van der Waals surface area (Å²) in [6, 6.07) is 3.47. The predicted molar refractivity (Wildman–Crippen MR) is 71.7 cm³/mol. The number of carbonyl (C=O) groups is 1. The molecule has 0 unspecified atom stereocenters. The van der Waals surface area contributed by atoms with Crippen LogP contribution in [0.5, 0.6) is 5.75 Å². The van der Waals surface area contributed by atoms with Gasteiger partial charge in [-0.15, -0.1) is 0 Å². The molecule has 8 heteroatoms. The summed E-state index contributed by atoms with van der Waals surface area (Å²) in [5.74, 6) is -0.190. The molecule has 0 saturated carbocycles. The number of nitro benzene ring substituents is 1. The Labute approximate surface area is 115 Å². The largest absolute Gasteiger partial charge is 0.507 e. The van der Waals surface area contributed by atoms with Gasteiger partial charge in [0.05, 0.1) is 11.1 Å². The quantitative estimate of drug-likeness (QED) is 0.500. The summed E-state index contributed by atoms with van der Waals surface area (Å²) >= 11 is 0. The zero-order valence-corrected chi connectivity index (χ0v) is 11.3. The molecule has 0 aliphatic rings. The van der Waals surface area contributed by atoms with Crippen LogP contribution in [-0.2, 0) is 4.74 Å². The number of hydrazone groups is 1. The summed E-state index contributed by atoms with van der Waals surface area (Å²) in [5.41, 5.74) is 1.35. The molecule has 0 bridgehead atoms. The molecule has 0 radical (unpaired) electrons. The van der Waals surface area contributed by atoms with Crippen LogP contribution < -0.4 is 5.43 Å². The Hall–Kier alpha value is -2.64. The van der Waals surface area contributed by atoms with Crippen LogP contribution in [0.15, 0.2) is 23.3 Å². The summed E-state index contributed by atoms with van der Waals surface area (Å²) < 4.78 is 4.93. The number of amides is 1. The van der Waals surface area contributed by atoms with Gasteiger partial charge in [0.15, 0.2) is 0 Å². The van der Waals surface area contributed by atoms with Gasteiger partial charge in [0.2, 0.25) is 0 Å². The highest BCUT2D eigenvalue weighted by molar-refractivity contribution is 5.85. The van der Waals surface area contributed by atoms with Crippen molar-refractivity contribution in [2.45, 2.75) is 26.4 Å². The van der Waals surface area contributed by atoms with Crippen molar-refractivity contribution in [3.63, 3.8) is 0 Å². The number of ether oxygens (including phenoxy) is 1. The van der Waals surface area contributed by atoms with E-state index in [9.17, 15) is 20.0 Å². The van der Waals surface area contributed by atoms with Gasteiger partial charge >= 0.3 is 6.09 Å². The van der Waals surface area contributed by atoms with Gasteiger partial charge in [-0.3, -0.25) is 10.1 Å². The van der Waals surface area contributed by atoms with Crippen molar-refractivity contribution >= 4 is 18.0 Å². The zero-order valence-electron chi connectivity index (χ0n) is 11.3. The lowest BCUT2D eigenvalue weighted by Crippen LogP contribution is -2.29. The van der Waals surface area contributed by atoms with Gasteiger partial charge in [-0.2, -0.15) is 5.10 Å². The fourth-order valence-electron chi connectivity index (χ4n) is 1.21. The number of aromatic hydroxyl groups is 1. The van der Waals surface area contributed by atoms with Crippen LogP contribution in [0.3, 0.4) is 0 Å². The molecule has 0 fully saturated rings. The molecule has 0 heterocycles. The van der Waals surface area contributed by atoms with Crippen LogP contribution >= 0.6 is 0 Å². The fourth-order valence-corrected chi connectivity index (χ4v) is 1.21. The number of rotatable bonds is 3. The Morgan fingerprint density at radius 1 is 1.50 bits per heavy atom. The highest BCUT2D eigenvalue weighted by Crippen LogP contribution is 2.21. The number of nitro groups is 1. The van der Waals surface area contributed by atoms with Crippen molar-refractivity contribution in [2.24, 2.45) is 5.10 Å². The summed E-state index contributed by atoms with van der Waals surface area (Å²) in [6.07, 6.45) is 0.324. The SMILES string of the molecule is CC(C)(C)OC(=O)N/N=C\c1cc([N+](=O)[O-])ccc1O. The standard InChI is InChI=1S/C12H15N3O5/c1-12(2,3)20-11(17)14-13-7-8-6-9(15(18)19)4-5-10(8)16/h4-7,16H,1-3H3,(H,14,17)/b13-7-. The van der Waals surface area contributed by atoms with E-state index in [1.165, 1.54) is 6.07 Å². The number of benzene rings is 1. The lowest BCUT2D eigenvalue weighted by Gasteiger charge is -2.18. The van der Waals surface area contributed by atoms with Crippen LogP contribution in [0.4, 0.5) is 10.5 Å². The van der Waals surface area contributed by atoms with E-state index in [0.29, 0.717) is 0 Å². The van der Waals surface area contributed by atoms with Gasteiger partial charge in [0.1, 0.15) is 11.4 Å². The molecule has 0 aromatic heterocycles. The second-order valence-corrected chi connectivity index (χ2v) is 4.87. The minimum atomic E-state index is -0.765. The maximum absolute atomic E-state index is 11.3. The van der Waals surface area contributed by atoms with E-state index in [0.717, 1.165) is 18.3 Å². The summed E-state index contributed by atoms with van der Waals surface area (Å²) in [6.45, 7) is 5.09. The lowest BCUT2D eigenvalue weighted by molar-refractivity contribution is -0.384. The Kier molecular flexibility index (Phi) is 4.63. The molecule has 0 atom stereocenters. The molecule has 108 valence electrons. The highest BCUT2D eigenvalue weighted by atomic mass is 16.6. The summed E-state index contributed by atoms with van der Waals surface area (Å²) in [7, 11) is 0. The van der Waals surface area contributed by atoms with E-state index in [1.807, 2.05) is 0 Å². The van der Waals surface area contributed by atoms with Crippen molar-refractivity contribution in [2.75, 3.05) is 0 Å². The van der Waals surface area contributed by atoms with Gasteiger partial charge < -0.3 is 9.84 Å². The normalized spacial score (nSPS) is 11.3. The maximum Gasteiger partial charge on any atom is 0.428 e. The minimum absolute atomic E-state index is 0.107. The van der Waals surface area contributed by atoms with Crippen molar-refractivity contribution in [1.29, 1.82) is 0 Å². The first-order valence-electron chi connectivity index (χ1n) is 5.68. The third kappa shape index (κ3) is 4.92. The topological polar surface area (TPSA) is 114 Å². The Bertz CT molecular complexity index is 549. The average molecular weight is 281 g/mol. The van der Waals surface area contributed by atoms with Crippen LogP contribution in [0.2, 0.25) is 0 Å². The smallest absolute Gasteiger partial charge is 0.428 e. The van der Waals surface area contributed by atoms with Crippen LogP contribution in [0.25, 0.3) is 0 Å². The number of nitrogens with zero attached hydrogens (tertiary/aromatic N) is 2. The van der Waals surface area contributed by atoms with Crippen molar-refractivity contribution < 1.29 is 19.6 Å². The molecular formula is C12H15N3O5. The lowest BCUT2D eigenvalue weighted by atomic mass is 10.2. The molecule has 1 aromatic rings. The number of nitrogens with one attached hydrogen (secondary N) is 1. The Morgan fingerprint density at radius 2 is 2.15 bits per heavy atom. The maximum atomic E-state index is 11.3. The van der Waals surface area contributed by atoms with Gasteiger partial charge in [0.25, 0.3) is 5.69 Å². The number of hydrogen-bond acceptors (Lipinski definition) is 6. The second-order valence-electron chi connectivity index (χ2n) is 4.87. The zero-order chi connectivity index (χ0) is 15.3. The molecule has 0 spiro atoms. The molecule has 1 aromatic carbocycles. The molecule has 0 aliphatic carbocycles. The fraction of sp³-hybridized carbons (Fsp3) is 0.333. The molecule has 1 amide bonds. The van der Waals surface area contributed by atoms with E-state index in [4.69, 9.17) is 4.74 Å². The third-order valence-electron chi connectivity index (χ3n) is 1.98. The van der Waals surface area contributed by atoms with E-state index in [-0.39, 0.29) is 17.0 Å². The molecule has 1 rings (SSSR count). The average Bonchev–Trinajstić information content (AvgIpc) is 2.28. The highest BCUT2D eigenvalue weighted by Gasteiger charge is 2.15. The molecule has 20 heavy (non-hydrogen) atoms. The summed E-state index contributed by atoms with van der Waals surface area (Å²) in [4.78, 5) is 21.3. The second kappa shape index (κ2) is 6.00. The Balaban J connectivity index is 2.73. The van der Waals surface area contributed by atoms with Gasteiger partial charge in [0, 0.05) is 17.7 Å². The number of non-ortho nitro benzene ring substituents is 1. The van der Waals surface area contributed by atoms with Gasteiger partial charge in [-0.1, -0.05) is 0 Å². The number of phenols is 1. The van der Waals surface area contributed by atoms with Gasteiger partial charge in [-0.25, -0.2) is 10.2 Å². The monoisotopic (exact) mass is 281 g/mol. The first kappa shape index (κ1) is 15.4. The van der Waals surface area contributed by atoms with Gasteiger partial charge in [-0.05, 0) is 26.8 Å². The molecule has 0 aliphatic heterocycles. The first-order valence-corrected chi connectivity index (χ1v) is 5.68. The predicted octanol–water partition coefficient (Wildman–Crippen LogP) is 2.16. The summed E-state index contributed by atoms with van der Waals surface area (Å²) in [5, 5.41) is 23.7. The third-order valence-corrected chi connectivity index (χ3v) is 1.98. The molecule has 2 N–H and O–H groups in total. The number of carbonyl (C=O) groups excluding carboxylic acids is 1. The molecular weight excluding hydrogens is 266 g/mol. The van der Waals surface area contributed by atoms with E-state index in [1.54, 1.807) is 20.8 Å². The van der Waals surface area contributed by atoms with E-state index >= 15 is 0 Å². The van der Waals surface area contributed by atoms with Crippen LogP contribution in [0.1, 0.15) is 26.3 Å². The first-order chi connectivity index (χ1) is 9.19. The Morgan fingerprint density at radius 3 is 2.70 bits per heavy atom. The van der Waals surface area contributed by atoms with Crippen molar-refractivity contribution in [3.8, 4) is 5.75 Å². The minimum Gasteiger partial charge on any atom is -0.507 e. The number of hydrogen-bond donors (Lipinski definition) is 2. The van der Waals surface area contributed by atoms with E-state index in [2.05, 4.69) is 10.5 Å². The van der Waals surface area contributed by atoms with Crippen LogP contribution in [-0.4, -0.2) is 27.9 Å². The molecule has 8 nitrogen and oxygen atoms in total. The van der Waals surface area contributed by atoms with E-state index < -0.39 is 16.6 Å². The van der Waals surface area contributed by atoms with Crippen molar-refractivity contribution in [1.82, 2.24) is 5.43 Å². The molecule has 0 saturated heterocycles. The van der Waals surface area contributed by atoms with Crippen molar-refractivity contribution in [3.05, 3.63) is 33.9 Å². The number of phenolic OH excluding ortho intramolecular Hbond substituents is 1.